The van der Waals surface area contributed by atoms with Gasteiger partial charge in [-0.15, -0.1) is 0 Å². The highest BCUT2D eigenvalue weighted by Gasteiger charge is 2.14. The second-order valence-electron chi connectivity index (χ2n) is 4.89. The number of carbonyl (C=O) groups excluding carboxylic acids is 1. The lowest BCUT2D eigenvalue weighted by atomic mass is 9.97. The van der Waals surface area contributed by atoms with Crippen LogP contribution in [0, 0.1) is 11.6 Å². The van der Waals surface area contributed by atoms with Crippen molar-refractivity contribution in [2.45, 2.75) is 0 Å². The summed E-state index contributed by atoms with van der Waals surface area (Å²) in [6.07, 6.45) is 0. The number of halogens is 2. The largest absolute Gasteiger partial charge is 0.465 e. The molecule has 0 saturated heterocycles. The van der Waals surface area contributed by atoms with E-state index >= 15 is 0 Å². The van der Waals surface area contributed by atoms with E-state index in [1.165, 1.54) is 31.4 Å². The summed E-state index contributed by atoms with van der Waals surface area (Å²) >= 11 is 0. The summed E-state index contributed by atoms with van der Waals surface area (Å²) in [5.74, 6) is -1.42. The second kappa shape index (κ2) is 5.56. The minimum Gasteiger partial charge on any atom is -0.465 e. The molecule has 3 aromatic rings. The van der Waals surface area contributed by atoms with E-state index in [4.69, 9.17) is 4.74 Å². The number of esters is 1. The number of ether oxygens (including phenoxy) is 1. The van der Waals surface area contributed by atoms with Gasteiger partial charge >= 0.3 is 5.97 Å². The van der Waals surface area contributed by atoms with Crippen molar-refractivity contribution >= 4 is 16.7 Å². The third kappa shape index (κ3) is 2.55. The van der Waals surface area contributed by atoms with Gasteiger partial charge in [0.1, 0.15) is 11.6 Å². The molecule has 0 fully saturated rings. The minimum atomic E-state index is -0.603. The van der Waals surface area contributed by atoms with Crippen LogP contribution >= 0.6 is 0 Å². The van der Waals surface area contributed by atoms with Crippen molar-refractivity contribution in [3.8, 4) is 11.1 Å². The molecule has 0 saturated carbocycles. The first-order valence-electron chi connectivity index (χ1n) is 6.66. The number of fused-ring (bicyclic) bond motifs is 1. The third-order valence-corrected chi connectivity index (χ3v) is 3.50. The molecule has 0 bridgehead atoms. The monoisotopic (exact) mass is 298 g/mol. The standard InChI is InChI=1S/C18H12F2O2/c1-22-18(21)17-10-15(20)6-7-16(17)13-3-2-12-9-14(19)5-4-11(12)8-13/h2-10H,1H3. The minimum absolute atomic E-state index is 0.156. The van der Waals surface area contributed by atoms with E-state index in [0.29, 0.717) is 5.56 Å². The Bertz CT molecular complexity index is 872. The fraction of sp³-hybridized carbons (Fsp3) is 0.0556. The maximum Gasteiger partial charge on any atom is 0.338 e. The molecule has 0 unspecified atom stereocenters. The van der Waals surface area contributed by atoms with Gasteiger partial charge < -0.3 is 4.74 Å². The van der Waals surface area contributed by atoms with E-state index in [0.717, 1.165) is 22.4 Å². The van der Waals surface area contributed by atoms with E-state index in [1.807, 2.05) is 6.07 Å². The van der Waals surface area contributed by atoms with Crippen LogP contribution in [0.3, 0.4) is 0 Å². The predicted molar refractivity (Wildman–Crippen MR) is 80.6 cm³/mol. The van der Waals surface area contributed by atoms with Crippen molar-refractivity contribution in [2.24, 2.45) is 0 Å². The Balaban J connectivity index is 2.18. The van der Waals surface area contributed by atoms with E-state index in [9.17, 15) is 13.6 Å². The summed E-state index contributed by atoms with van der Waals surface area (Å²) in [4.78, 5) is 11.8. The summed E-state index contributed by atoms with van der Waals surface area (Å²) < 4.78 is 31.3. The number of rotatable bonds is 2. The molecule has 3 aromatic carbocycles. The molecule has 0 spiro atoms. The van der Waals surface area contributed by atoms with Crippen molar-refractivity contribution in [3.05, 3.63) is 71.8 Å². The van der Waals surface area contributed by atoms with Gasteiger partial charge in [-0.05, 0) is 52.2 Å². The molecule has 4 heteroatoms. The molecule has 2 nitrogen and oxygen atoms in total. The van der Waals surface area contributed by atoms with Crippen molar-refractivity contribution < 1.29 is 18.3 Å². The average Bonchev–Trinajstić information content (AvgIpc) is 2.53. The highest BCUT2D eigenvalue weighted by Crippen LogP contribution is 2.28. The second-order valence-corrected chi connectivity index (χ2v) is 4.89. The Morgan fingerprint density at radius 3 is 2.27 bits per heavy atom. The first-order chi connectivity index (χ1) is 10.6. The molecule has 0 heterocycles. The molecule has 0 amide bonds. The van der Waals surface area contributed by atoms with Gasteiger partial charge in [-0.2, -0.15) is 0 Å². The Morgan fingerprint density at radius 1 is 0.864 bits per heavy atom. The summed E-state index contributed by atoms with van der Waals surface area (Å²) in [5.41, 5.74) is 1.46. The number of benzene rings is 3. The topological polar surface area (TPSA) is 26.3 Å². The maximum atomic E-state index is 13.4. The number of carbonyl (C=O) groups is 1. The van der Waals surface area contributed by atoms with E-state index in [1.54, 1.807) is 18.2 Å². The number of hydrogen-bond acceptors (Lipinski definition) is 2. The van der Waals surface area contributed by atoms with Crippen LogP contribution in [-0.4, -0.2) is 13.1 Å². The van der Waals surface area contributed by atoms with Gasteiger partial charge in [0, 0.05) is 0 Å². The maximum absolute atomic E-state index is 13.4. The van der Waals surface area contributed by atoms with Gasteiger partial charge in [0.25, 0.3) is 0 Å². The lowest BCUT2D eigenvalue weighted by molar-refractivity contribution is 0.0601. The Kier molecular flexibility index (Phi) is 3.59. The van der Waals surface area contributed by atoms with Crippen LogP contribution in [-0.2, 0) is 4.74 Å². The van der Waals surface area contributed by atoms with Crippen LogP contribution in [0.2, 0.25) is 0 Å². The molecule has 0 aliphatic rings. The quantitative estimate of drug-likeness (QED) is 0.648. The van der Waals surface area contributed by atoms with Gasteiger partial charge in [-0.3, -0.25) is 0 Å². The lowest BCUT2D eigenvalue weighted by Gasteiger charge is -2.09. The fourth-order valence-electron chi connectivity index (χ4n) is 2.43. The van der Waals surface area contributed by atoms with E-state index < -0.39 is 11.8 Å². The van der Waals surface area contributed by atoms with Crippen molar-refractivity contribution in [1.82, 2.24) is 0 Å². The average molecular weight is 298 g/mol. The van der Waals surface area contributed by atoms with Crippen LogP contribution in [0.5, 0.6) is 0 Å². The van der Waals surface area contributed by atoms with Gasteiger partial charge in [0.05, 0.1) is 12.7 Å². The third-order valence-electron chi connectivity index (χ3n) is 3.50. The zero-order chi connectivity index (χ0) is 15.7. The predicted octanol–water partition coefficient (Wildman–Crippen LogP) is 4.57. The zero-order valence-corrected chi connectivity index (χ0v) is 11.8. The molecule has 0 aromatic heterocycles. The summed E-state index contributed by atoms with van der Waals surface area (Å²) in [6, 6.07) is 13.8. The van der Waals surface area contributed by atoms with Gasteiger partial charge in [-0.1, -0.05) is 24.3 Å². The molecule has 110 valence electrons. The molecule has 0 atom stereocenters. The zero-order valence-electron chi connectivity index (χ0n) is 11.8. The summed E-state index contributed by atoms with van der Waals surface area (Å²) in [5, 5.41) is 1.59. The Labute approximate surface area is 126 Å². The Hall–Kier alpha value is -2.75. The van der Waals surface area contributed by atoms with Gasteiger partial charge in [-0.25, -0.2) is 13.6 Å². The van der Waals surface area contributed by atoms with Crippen molar-refractivity contribution in [2.75, 3.05) is 7.11 Å². The lowest BCUT2D eigenvalue weighted by Crippen LogP contribution is -2.04. The van der Waals surface area contributed by atoms with Crippen molar-refractivity contribution in [1.29, 1.82) is 0 Å². The van der Waals surface area contributed by atoms with Crippen LogP contribution in [0.1, 0.15) is 10.4 Å². The van der Waals surface area contributed by atoms with Crippen molar-refractivity contribution in [3.63, 3.8) is 0 Å². The molecular weight excluding hydrogens is 286 g/mol. The fourth-order valence-corrected chi connectivity index (χ4v) is 2.43. The van der Waals surface area contributed by atoms with Crippen LogP contribution in [0.4, 0.5) is 8.78 Å². The molecule has 3 rings (SSSR count). The molecule has 0 radical (unpaired) electrons. The highest BCUT2D eigenvalue weighted by atomic mass is 19.1. The SMILES string of the molecule is COC(=O)c1cc(F)ccc1-c1ccc2cc(F)ccc2c1. The van der Waals surface area contributed by atoms with Gasteiger partial charge in [0.15, 0.2) is 0 Å². The smallest absolute Gasteiger partial charge is 0.338 e. The van der Waals surface area contributed by atoms with E-state index in [2.05, 4.69) is 0 Å². The van der Waals surface area contributed by atoms with Crippen LogP contribution in [0.15, 0.2) is 54.6 Å². The molecule has 0 aliphatic heterocycles. The molecular formula is C18H12F2O2. The number of hydrogen-bond donors (Lipinski definition) is 0. The summed E-state index contributed by atoms with van der Waals surface area (Å²) in [6.45, 7) is 0. The molecule has 0 N–H and O–H groups in total. The Morgan fingerprint density at radius 2 is 1.50 bits per heavy atom. The number of methoxy groups -OCH3 is 1. The van der Waals surface area contributed by atoms with Crippen LogP contribution < -0.4 is 0 Å². The molecule has 0 aliphatic carbocycles. The van der Waals surface area contributed by atoms with Gasteiger partial charge in [0.2, 0.25) is 0 Å². The first-order valence-corrected chi connectivity index (χ1v) is 6.66. The molecule has 22 heavy (non-hydrogen) atoms. The summed E-state index contributed by atoms with van der Waals surface area (Å²) in [7, 11) is 1.25. The normalized spacial score (nSPS) is 10.7. The van der Waals surface area contributed by atoms with Crippen LogP contribution in [0.25, 0.3) is 21.9 Å². The first kappa shape index (κ1) is 14.2. The highest BCUT2D eigenvalue weighted by molar-refractivity contribution is 5.98. The van der Waals surface area contributed by atoms with E-state index in [-0.39, 0.29) is 11.4 Å².